The standard InChI is InChI=1S/C20H25N3O2S/c1-20(2,3)19-21-16(23-25-19)15-13-10-6-7-11-14(13)26-18(15)22-17(24)12-8-4-5-9-12/h8H,4-7,9-11H2,1-3H3,(H,22,24). The Kier molecular flexibility index (Phi) is 4.47. The first-order valence-electron chi connectivity index (χ1n) is 9.43. The molecule has 0 spiro atoms. The van der Waals surface area contributed by atoms with Gasteiger partial charge in [-0.15, -0.1) is 11.3 Å². The topological polar surface area (TPSA) is 68.0 Å². The predicted octanol–water partition coefficient (Wildman–Crippen LogP) is 5.02. The lowest BCUT2D eigenvalue weighted by atomic mass is 9.95. The van der Waals surface area contributed by atoms with Crippen molar-refractivity contribution in [3.8, 4) is 11.4 Å². The largest absolute Gasteiger partial charge is 0.338 e. The SMILES string of the molecule is CC(C)(C)c1nc(-c2c(NC(=O)C3=CCCC3)sc3c2CCCC3)no1. The number of allylic oxidation sites excluding steroid dienone is 1. The van der Waals surface area contributed by atoms with Gasteiger partial charge in [0.15, 0.2) is 0 Å². The lowest BCUT2D eigenvalue weighted by molar-refractivity contribution is -0.112. The van der Waals surface area contributed by atoms with E-state index in [0.29, 0.717) is 11.7 Å². The van der Waals surface area contributed by atoms with Crippen LogP contribution in [0.15, 0.2) is 16.2 Å². The highest BCUT2D eigenvalue weighted by molar-refractivity contribution is 7.17. The fourth-order valence-electron chi connectivity index (χ4n) is 3.58. The van der Waals surface area contributed by atoms with Crippen LogP contribution < -0.4 is 5.32 Å². The number of amides is 1. The molecule has 0 saturated heterocycles. The number of nitrogens with zero attached hydrogens (tertiary/aromatic N) is 2. The van der Waals surface area contributed by atoms with Crippen molar-refractivity contribution in [1.29, 1.82) is 0 Å². The van der Waals surface area contributed by atoms with Crippen molar-refractivity contribution in [2.75, 3.05) is 5.32 Å². The number of nitrogens with one attached hydrogen (secondary N) is 1. The second-order valence-electron chi connectivity index (χ2n) is 8.16. The fraction of sp³-hybridized carbons (Fsp3) is 0.550. The van der Waals surface area contributed by atoms with E-state index in [4.69, 9.17) is 4.52 Å². The molecule has 2 aromatic heterocycles. The maximum Gasteiger partial charge on any atom is 0.251 e. The van der Waals surface area contributed by atoms with Crippen molar-refractivity contribution in [1.82, 2.24) is 10.1 Å². The summed E-state index contributed by atoms with van der Waals surface area (Å²) in [7, 11) is 0. The number of anilines is 1. The van der Waals surface area contributed by atoms with Crippen molar-refractivity contribution in [2.45, 2.75) is 71.1 Å². The van der Waals surface area contributed by atoms with Crippen LogP contribution in [-0.4, -0.2) is 16.0 Å². The zero-order valence-electron chi connectivity index (χ0n) is 15.6. The molecule has 0 bridgehead atoms. The normalized spacial score (nSPS) is 17.1. The molecule has 2 aliphatic rings. The number of thiophene rings is 1. The van der Waals surface area contributed by atoms with Gasteiger partial charge in [0.2, 0.25) is 11.7 Å². The molecule has 138 valence electrons. The summed E-state index contributed by atoms with van der Waals surface area (Å²) >= 11 is 1.68. The average molecular weight is 372 g/mol. The van der Waals surface area contributed by atoms with Crippen molar-refractivity contribution in [3.05, 3.63) is 28.0 Å². The van der Waals surface area contributed by atoms with Crippen LogP contribution in [0.3, 0.4) is 0 Å². The average Bonchev–Trinajstić information content (AvgIpc) is 3.32. The van der Waals surface area contributed by atoms with Gasteiger partial charge in [0.1, 0.15) is 5.00 Å². The predicted molar refractivity (Wildman–Crippen MR) is 104 cm³/mol. The highest BCUT2D eigenvalue weighted by Crippen LogP contribution is 2.44. The molecule has 0 atom stereocenters. The molecule has 0 fully saturated rings. The molecule has 0 unspecified atom stereocenters. The van der Waals surface area contributed by atoms with Gasteiger partial charge in [-0.2, -0.15) is 4.98 Å². The van der Waals surface area contributed by atoms with Crippen molar-refractivity contribution in [3.63, 3.8) is 0 Å². The van der Waals surface area contributed by atoms with E-state index in [-0.39, 0.29) is 11.3 Å². The minimum absolute atomic E-state index is 0.0156. The Morgan fingerprint density at radius 3 is 2.69 bits per heavy atom. The Morgan fingerprint density at radius 1 is 1.19 bits per heavy atom. The minimum Gasteiger partial charge on any atom is -0.338 e. The molecule has 5 nitrogen and oxygen atoms in total. The van der Waals surface area contributed by atoms with E-state index >= 15 is 0 Å². The molecule has 1 amide bonds. The summed E-state index contributed by atoms with van der Waals surface area (Å²) in [5.41, 5.74) is 2.96. The first kappa shape index (κ1) is 17.5. The molecule has 0 aliphatic heterocycles. The molecule has 2 heterocycles. The van der Waals surface area contributed by atoms with E-state index < -0.39 is 0 Å². The second-order valence-corrected chi connectivity index (χ2v) is 9.27. The number of carbonyl (C=O) groups is 1. The zero-order chi connectivity index (χ0) is 18.3. The number of carbonyl (C=O) groups excluding carboxylic acids is 1. The van der Waals surface area contributed by atoms with E-state index in [9.17, 15) is 4.79 Å². The first-order valence-corrected chi connectivity index (χ1v) is 10.2. The fourth-order valence-corrected chi connectivity index (χ4v) is 4.86. The van der Waals surface area contributed by atoms with Crippen molar-refractivity contribution in [2.24, 2.45) is 0 Å². The third-order valence-electron chi connectivity index (χ3n) is 5.02. The van der Waals surface area contributed by atoms with E-state index in [2.05, 4.69) is 42.3 Å². The van der Waals surface area contributed by atoms with Gasteiger partial charge in [0.25, 0.3) is 5.91 Å². The summed E-state index contributed by atoms with van der Waals surface area (Å²) in [6, 6.07) is 0. The Labute approximate surface area is 157 Å². The van der Waals surface area contributed by atoms with E-state index in [1.807, 2.05) is 0 Å². The van der Waals surface area contributed by atoms with Crippen LogP contribution in [0.5, 0.6) is 0 Å². The number of rotatable bonds is 3. The van der Waals surface area contributed by atoms with Gasteiger partial charge in [-0.25, -0.2) is 0 Å². The smallest absolute Gasteiger partial charge is 0.251 e. The van der Waals surface area contributed by atoms with Crippen molar-refractivity contribution >= 4 is 22.2 Å². The summed E-state index contributed by atoms with van der Waals surface area (Å²) in [5.74, 6) is 1.24. The summed E-state index contributed by atoms with van der Waals surface area (Å²) < 4.78 is 5.52. The Balaban J connectivity index is 1.73. The zero-order valence-corrected chi connectivity index (χ0v) is 16.5. The Bertz CT molecular complexity index is 870. The van der Waals surface area contributed by atoms with Gasteiger partial charge in [0.05, 0.1) is 5.56 Å². The first-order chi connectivity index (χ1) is 12.4. The number of hydrogen-bond acceptors (Lipinski definition) is 5. The number of fused-ring (bicyclic) bond motifs is 1. The van der Waals surface area contributed by atoms with Gasteiger partial charge in [0, 0.05) is 15.9 Å². The molecule has 26 heavy (non-hydrogen) atoms. The lowest BCUT2D eigenvalue weighted by Crippen LogP contribution is -2.13. The van der Waals surface area contributed by atoms with Crippen LogP contribution >= 0.6 is 11.3 Å². The van der Waals surface area contributed by atoms with Gasteiger partial charge >= 0.3 is 0 Å². The Hall–Kier alpha value is -1.95. The molecular formula is C20H25N3O2S. The van der Waals surface area contributed by atoms with Crippen LogP contribution in [0.4, 0.5) is 5.00 Å². The van der Waals surface area contributed by atoms with Gasteiger partial charge < -0.3 is 9.84 Å². The third-order valence-corrected chi connectivity index (χ3v) is 6.23. The maximum absolute atomic E-state index is 12.6. The van der Waals surface area contributed by atoms with Gasteiger partial charge in [-0.3, -0.25) is 4.79 Å². The van der Waals surface area contributed by atoms with Crippen molar-refractivity contribution < 1.29 is 9.32 Å². The summed E-state index contributed by atoms with van der Waals surface area (Å²) in [6.45, 7) is 6.17. The van der Waals surface area contributed by atoms with E-state index in [1.165, 1.54) is 23.3 Å². The summed E-state index contributed by atoms with van der Waals surface area (Å²) in [5, 5.41) is 8.27. The molecule has 0 aromatic carbocycles. The highest BCUT2D eigenvalue weighted by Gasteiger charge is 2.29. The minimum atomic E-state index is -0.195. The molecule has 4 rings (SSSR count). The third kappa shape index (κ3) is 3.22. The van der Waals surface area contributed by atoms with Crippen LogP contribution in [0.25, 0.3) is 11.4 Å². The van der Waals surface area contributed by atoms with E-state index in [0.717, 1.165) is 48.2 Å². The van der Waals surface area contributed by atoms with Gasteiger partial charge in [-0.1, -0.05) is 32.0 Å². The van der Waals surface area contributed by atoms with Crippen LogP contribution in [-0.2, 0) is 23.1 Å². The summed E-state index contributed by atoms with van der Waals surface area (Å²) in [6.07, 6.45) is 9.42. The molecule has 6 heteroatoms. The highest BCUT2D eigenvalue weighted by atomic mass is 32.1. The molecular weight excluding hydrogens is 346 g/mol. The molecule has 0 saturated carbocycles. The van der Waals surface area contributed by atoms with Crippen LogP contribution in [0.1, 0.15) is 69.2 Å². The molecule has 0 radical (unpaired) electrons. The van der Waals surface area contributed by atoms with Gasteiger partial charge in [-0.05, 0) is 50.5 Å². The monoisotopic (exact) mass is 371 g/mol. The van der Waals surface area contributed by atoms with E-state index in [1.54, 1.807) is 11.3 Å². The molecule has 2 aliphatic carbocycles. The summed E-state index contributed by atoms with van der Waals surface area (Å²) in [4.78, 5) is 18.7. The maximum atomic E-state index is 12.6. The Morgan fingerprint density at radius 2 is 2.00 bits per heavy atom. The lowest BCUT2D eigenvalue weighted by Gasteiger charge is -2.12. The van der Waals surface area contributed by atoms with Crippen LogP contribution in [0, 0.1) is 0 Å². The number of hydrogen-bond donors (Lipinski definition) is 1. The molecule has 2 aromatic rings. The number of aryl methyl sites for hydroxylation is 1. The number of aromatic nitrogens is 2. The molecule has 1 N–H and O–H groups in total. The quantitative estimate of drug-likeness (QED) is 0.822. The van der Waals surface area contributed by atoms with Crippen LogP contribution in [0.2, 0.25) is 0 Å². The second kappa shape index (κ2) is 6.65.